The number of rotatable bonds is 3. The molecule has 20 heavy (non-hydrogen) atoms. The summed E-state index contributed by atoms with van der Waals surface area (Å²) in [6, 6.07) is 0.386. The van der Waals surface area contributed by atoms with Gasteiger partial charge in [-0.1, -0.05) is 24.2 Å². The molecule has 3 rings (SSSR count). The lowest BCUT2D eigenvalue weighted by Gasteiger charge is -2.24. The van der Waals surface area contributed by atoms with E-state index < -0.39 is 0 Å². The maximum absolute atomic E-state index is 12.2. The normalized spacial score (nSPS) is 28.9. The average molecular weight is 293 g/mol. The molecule has 0 spiro atoms. The first-order valence-electron chi connectivity index (χ1n) is 7.17. The quantitative estimate of drug-likeness (QED) is 0.838. The number of hydrogen-bond donors (Lipinski definition) is 2. The molecular formula is C14H19N3O2S. The standard InChI is InChI=1S/C14H19N3O2S/c1-8(18)12-7-15-14(20-12)17-13(19)11-6-9-4-2-3-5-10(9)16-11/h7,9-11,16H,2-6H2,1H3,(H,15,17,19). The van der Waals surface area contributed by atoms with Crippen LogP contribution < -0.4 is 10.6 Å². The molecule has 6 heteroatoms. The van der Waals surface area contributed by atoms with Gasteiger partial charge in [-0.05, 0) is 25.2 Å². The summed E-state index contributed by atoms with van der Waals surface area (Å²) in [7, 11) is 0. The summed E-state index contributed by atoms with van der Waals surface area (Å²) in [5.41, 5.74) is 0. The van der Waals surface area contributed by atoms with E-state index in [4.69, 9.17) is 0 Å². The SMILES string of the molecule is CC(=O)c1cnc(NC(=O)C2CC3CCCCC3N2)s1. The van der Waals surface area contributed by atoms with Crippen molar-refractivity contribution in [1.29, 1.82) is 0 Å². The van der Waals surface area contributed by atoms with E-state index in [2.05, 4.69) is 15.6 Å². The zero-order chi connectivity index (χ0) is 14.1. The maximum atomic E-state index is 12.2. The first kappa shape index (κ1) is 13.7. The number of nitrogens with zero attached hydrogens (tertiary/aromatic N) is 1. The second-order valence-electron chi connectivity index (χ2n) is 5.68. The van der Waals surface area contributed by atoms with Crippen LogP contribution in [0.5, 0.6) is 0 Å². The molecule has 3 atom stereocenters. The van der Waals surface area contributed by atoms with E-state index in [1.54, 1.807) is 0 Å². The molecule has 0 aromatic carbocycles. The fourth-order valence-electron chi connectivity index (χ4n) is 3.21. The van der Waals surface area contributed by atoms with Gasteiger partial charge in [0, 0.05) is 13.0 Å². The number of carbonyl (C=O) groups excluding carboxylic acids is 2. The van der Waals surface area contributed by atoms with Gasteiger partial charge >= 0.3 is 0 Å². The highest BCUT2D eigenvalue weighted by Crippen LogP contribution is 2.33. The molecule has 2 heterocycles. The van der Waals surface area contributed by atoms with E-state index in [0.29, 0.717) is 22.0 Å². The summed E-state index contributed by atoms with van der Waals surface area (Å²) in [4.78, 5) is 28.1. The van der Waals surface area contributed by atoms with Crippen LogP contribution >= 0.6 is 11.3 Å². The second-order valence-corrected chi connectivity index (χ2v) is 6.71. The molecule has 0 bridgehead atoms. The molecule has 2 aliphatic rings. The summed E-state index contributed by atoms with van der Waals surface area (Å²) in [6.45, 7) is 1.50. The summed E-state index contributed by atoms with van der Waals surface area (Å²) >= 11 is 1.23. The lowest BCUT2D eigenvalue weighted by Crippen LogP contribution is -2.39. The Morgan fingerprint density at radius 3 is 2.90 bits per heavy atom. The topological polar surface area (TPSA) is 71.1 Å². The highest BCUT2D eigenvalue weighted by Gasteiger charge is 2.38. The molecule has 0 radical (unpaired) electrons. The van der Waals surface area contributed by atoms with Crippen LogP contribution in [0.15, 0.2) is 6.20 Å². The highest BCUT2D eigenvalue weighted by molar-refractivity contribution is 7.17. The number of anilines is 1. The van der Waals surface area contributed by atoms with Crippen molar-refractivity contribution in [1.82, 2.24) is 10.3 Å². The number of fused-ring (bicyclic) bond motifs is 1. The largest absolute Gasteiger partial charge is 0.303 e. The number of aromatic nitrogens is 1. The maximum Gasteiger partial charge on any atom is 0.243 e. The molecule has 2 fully saturated rings. The third-order valence-electron chi connectivity index (χ3n) is 4.26. The molecule has 1 aliphatic carbocycles. The van der Waals surface area contributed by atoms with E-state index in [1.165, 1.54) is 50.1 Å². The molecule has 1 saturated heterocycles. The van der Waals surface area contributed by atoms with Gasteiger partial charge in [-0.2, -0.15) is 0 Å². The minimum Gasteiger partial charge on any atom is -0.303 e. The van der Waals surface area contributed by atoms with Crippen molar-refractivity contribution in [3.8, 4) is 0 Å². The predicted molar refractivity (Wildman–Crippen MR) is 78.0 cm³/mol. The van der Waals surface area contributed by atoms with Gasteiger partial charge in [-0.15, -0.1) is 0 Å². The van der Waals surface area contributed by atoms with Crippen molar-refractivity contribution in [3.63, 3.8) is 0 Å². The highest BCUT2D eigenvalue weighted by atomic mass is 32.1. The van der Waals surface area contributed by atoms with E-state index in [-0.39, 0.29) is 17.7 Å². The number of thiazole rings is 1. The molecule has 1 saturated carbocycles. The van der Waals surface area contributed by atoms with E-state index >= 15 is 0 Å². The van der Waals surface area contributed by atoms with Crippen LogP contribution in [0.3, 0.4) is 0 Å². The second kappa shape index (κ2) is 5.61. The Balaban J connectivity index is 1.60. The van der Waals surface area contributed by atoms with Gasteiger partial charge in [-0.25, -0.2) is 4.98 Å². The van der Waals surface area contributed by atoms with Gasteiger partial charge in [0.25, 0.3) is 0 Å². The van der Waals surface area contributed by atoms with Gasteiger partial charge in [0.15, 0.2) is 10.9 Å². The minimum absolute atomic E-state index is 0.0204. The van der Waals surface area contributed by atoms with Crippen LogP contribution in [0.25, 0.3) is 0 Å². The van der Waals surface area contributed by atoms with Crippen molar-refractivity contribution in [2.24, 2.45) is 5.92 Å². The number of amides is 1. The van der Waals surface area contributed by atoms with E-state index in [9.17, 15) is 9.59 Å². The van der Waals surface area contributed by atoms with Crippen LogP contribution in [-0.4, -0.2) is 28.8 Å². The Hall–Kier alpha value is -1.27. The number of Topliss-reactive ketones (excluding diaryl/α,β-unsaturated/α-hetero) is 1. The predicted octanol–water partition coefficient (Wildman–Crippen LogP) is 2.20. The first-order chi connectivity index (χ1) is 9.63. The minimum atomic E-state index is -0.118. The number of carbonyl (C=O) groups is 2. The van der Waals surface area contributed by atoms with Gasteiger partial charge in [0.05, 0.1) is 17.1 Å². The van der Waals surface area contributed by atoms with Crippen molar-refractivity contribution >= 4 is 28.2 Å². The Bertz CT molecular complexity index is 514. The van der Waals surface area contributed by atoms with Crippen molar-refractivity contribution in [2.45, 2.75) is 51.1 Å². The molecular weight excluding hydrogens is 274 g/mol. The summed E-state index contributed by atoms with van der Waals surface area (Å²) in [5.74, 6) is 0.598. The molecule has 2 N–H and O–H groups in total. The first-order valence-corrected chi connectivity index (χ1v) is 7.99. The third kappa shape index (κ3) is 2.76. The molecule has 3 unspecified atom stereocenters. The summed E-state index contributed by atoms with van der Waals surface area (Å²) in [6.07, 6.45) is 7.39. The molecule has 1 aromatic rings. The zero-order valence-corrected chi connectivity index (χ0v) is 12.3. The smallest absolute Gasteiger partial charge is 0.243 e. The van der Waals surface area contributed by atoms with Crippen LogP contribution in [0.1, 0.15) is 48.7 Å². The Kier molecular flexibility index (Phi) is 3.85. The van der Waals surface area contributed by atoms with Crippen LogP contribution in [0.2, 0.25) is 0 Å². The average Bonchev–Trinajstić information content (AvgIpc) is 3.04. The fraction of sp³-hybridized carbons (Fsp3) is 0.643. The lowest BCUT2D eigenvalue weighted by atomic mass is 9.85. The van der Waals surface area contributed by atoms with Crippen molar-refractivity contribution in [2.75, 3.05) is 5.32 Å². The van der Waals surface area contributed by atoms with Crippen LogP contribution in [-0.2, 0) is 4.79 Å². The summed E-state index contributed by atoms with van der Waals surface area (Å²) in [5, 5.41) is 6.77. The van der Waals surface area contributed by atoms with Crippen LogP contribution in [0.4, 0.5) is 5.13 Å². The molecule has 5 nitrogen and oxygen atoms in total. The van der Waals surface area contributed by atoms with E-state index in [0.717, 1.165) is 6.42 Å². The summed E-state index contributed by atoms with van der Waals surface area (Å²) < 4.78 is 0. The Morgan fingerprint density at radius 2 is 2.20 bits per heavy atom. The molecule has 1 aromatic heterocycles. The van der Waals surface area contributed by atoms with Crippen LogP contribution in [0, 0.1) is 5.92 Å². The van der Waals surface area contributed by atoms with E-state index in [1.807, 2.05) is 0 Å². The molecule has 108 valence electrons. The number of nitrogens with one attached hydrogen (secondary N) is 2. The fourth-order valence-corrected chi connectivity index (χ4v) is 3.92. The Morgan fingerprint density at radius 1 is 1.40 bits per heavy atom. The van der Waals surface area contributed by atoms with Gasteiger partial charge < -0.3 is 10.6 Å². The van der Waals surface area contributed by atoms with Gasteiger partial charge in [0.2, 0.25) is 5.91 Å². The number of ketones is 1. The third-order valence-corrected chi connectivity index (χ3v) is 5.28. The van der Waals surface area contributed by atoms with Crippen molar-refractivity contribution in [3.05, 3.63) is 11.1 Å². The zero-order valence-electron chi connectivity index (χ0n) is 11.5. The Labute approximate surface area is 122 Å². The monoisotopic (exact) mass is 293 g/mol. The van der Waals surface area contributed by atoms with Gasteiger partial charge in [-0.3, -0.25) is 9.59 Å². The number of hydrogen-bond acceptors (Lipinski definition) is 5. The van der Waals surface area contributed by atoms with Gasteiger partial charge in [0.1, 0.15) is 0 Å². The lowest BCUT2D eigenvalue weighted by molar-refractivity contribution is -0.117. The molecule has 1 aliphatic heterocycles. The van der Waals surface area contributed by atoms with Crippen molar-refractivity contribution < 1.29 is 9.59 Å². The molecule has 1 amide bonds.